The standard InChI is InChI=1S/C18H18N2/c1-18(2)15-10-6-7-11-16(15)20-17(18)12-13-19-14-8-4-3-5-9-14/h3-13,20H,1-2H3. The van der Waals surface area contributed by atoms with Crippen LogP contribution in [0.25, 0.3) is 0 Å². The minimum Gasteiger partial charge on any atom is -0.358 e. The fraction of sp³-hybridized carbons (Fsp3) is 0.167. The highest BCUT2D eigenvalue weighted by molar-refractivity contribution is 5.80. The third-order valence-electron chi connectivity index (χ3n) is 3.76. The average molecular weight is 262 g/mol. The molecule has 2 aromatic rings. The minimum atomic E-state index is -0.000693. The van der Waals surface area contributed by atoms with Crippen molar-refractivity contribution >= 4 is 17.6 Å². The van der Waals surface area contributed by atoms with Gasteiger partial charge in [0, 0.05) is 23.0 Å². The lowest BCUT2D eigenvalue weighted by Crippen LogP contribution is -2.17. The molecular formula is C18H18N2. The van der Waals surface area contributed by atoms with Crippen LogP contribution in [-0.4, -0.2) is 6.21 Å². The largest absolute Gasteiger partial charge is 0.358 e. The van der Waals surface area contributed by atoms with Crippen LogP contribution < -0.4 is 5.32 Å². The second kappa shape index (κ2) is 4.97. The van der Waals surface area contributed by atoms with E-state index in [0.29, 0.717) is 0 Å². The maximum atomic E-state index is 4.46. The SMILES string of the molecule is CC1(C)C(=CC=Nc2ccccc2)Nc2ccccc21. The first-order valence-electron chi connectivity index (χ1n) is 6.84. The second-order valence-electron chi connectivity index (χ2n) is 5.49. The molecular weight excluding hydrogens is 244 g/mol. The Kier molecular flexibility index (Phi) is 3.15. The van der Waals surface area contributed by atoms with Gasteiger partial charge in [0.15, 0.2) is 0 Å². The van der Waals surface area contributed by atoms with Gasteiger partial charge < -0.3 is 5.32 Å². The summed E-state index contributed by atoms with van der Waals surface area (Å²) in [7, 11) is 0. The van der Waals surface area contributed by atoms with E-state index in [1.54, 1.807) is 0 Å². The first-order valence-corrected chi connectivity index (χ1v) is 6.84. The van der Waals surface area contributed by atoms with Crippen LogP contribution in [0.15, 0.2) is 71.4 Å². The molecule has 0 unspecified atom stereocenters. The van der Waals surface area contributed by atoms with E-state index in [1.807, 2.05) is 36.5 Å². The fourth-order valence-corrected chi connectivity index (χ4v) is 2.55. The maximum absolute atomic E-state index is 4.46. The van der Waals surface area contributed by atoms with Gasteiger partial charge in [-0.15, -0.1) is 0 Å². The molecule has 2 heteroatoms. The molecule has 1 heterocycles. The zero-order valence-electron chi connectivity index (χ0n) is 11.8. The number of fused-ring (bicyclic) bond motifs is 1. The Balaban J connectivity index is 1.86. The fourth-order valence-electron chi connectivity index (χ4n) is 2.55. The van der Waals surface area contributed by atoms with Crippen LogP contribution in [-0.2, 0) is 5.41 Å². The van der Waals surface area contributed by atoms with Crippen molar-refractivity contribution in [2.45, 2.75) is 19.3 Å². The first-order chi connectivity index (χ1) is 9.68. The van der Waals surface area contributed by atoms with Crippen molar-refractivity contribution in [1.29, 1.82) is 0 Å². The highest BCUT2D eigenvalue weighted by Gasteiger charge is 2.33. The van der Waals surface area contributed by atoms with Crippen molar-refractivity contribution in [2.75, 3.05) is 5.32 Å². The van der Waals surface area contributed by atoms with Gasteiger partial charge in [0.2, 0.25) is 0 Å². The molecule has 2 aromatic carbocycles. The molecule has 0 spiro atoms. The van der Waals surface area contributed by atoms with Crippen molar-refractivity contribution in [1.82, 2.24) is 0 Å². The van der Waals surface area contributed by atoms with Crippen LogP contribution in [0.5, 0.6) is 0 Å². The Morgan fingerprint density at radius 3 is 2.40 bits per heavy atom. The molecule has 0 aliphatic carbocycles. The predicted molar refractivity (Wildman–Crippen MR) is 85.8 cm³/mol. The number of nitrogens with zero attached hydrogens (tertiary/aromatic N) is 1. The van der Waals surface area contributed by atoms with E-state index in [9.17, 15) is 0 Å². The Bertz CT molecular complexity index is 667. The number of para-hydroxylation sites is 2. The van der Waals surface area contributed by atoms with Crippen molar-refractivity contribution in [3.63, 3.8) is 0 Å². The van der Waals surface area contributed by atoms with Crippen molar-refractivity contribution in [3.05, 3.63) is 71.9 Å². The molecule has 100 valence electrons. The lowest BCUT2D eigenvalue weighted by Gasteiger charge is -2.19. The van der Waals surface area contributed by atoms with Crippen molar-refractivity contribution < 1.29 is 0 Å². The van der Waals surface area contributed by atoms with Crippen molar-refractivity contribution in [2.24, 2.45) is 4.99 Å². The summed E-state index contributed by atoms with van der Waals surface area (Å²) in [6.07, 6.45) is 3.93. The molecule has 0 radical (unpaired) electrons. The molecule has 0 fully saturated rings. The summed E-state index contributed by atoms with van der Waals surface area (Å²) in [5.41, 5.74) is 4.67. The van der Waals surface area contributed by atoms with Crippen LogP contribution in [0.1, 0.15) is 19.4 Å². The molecule has 0 amide bonds. The van der Waals surface area contributed by atoms with Gasteiger partial charge in [-0.25, -0.2) is 0 Å². The summed E-state index contributed by atoms with van der Waals surface area (Å²) in [5, 5.41) is 3.48. The molecule has 1 aliphatic heterocycles. The van der Waals surface area contributed by atoms with E-state index >= 15 is 0 Å². The highest BCUT2D eigenvalue weighted by Crippen LogP contribution is 2.42. The smallest absolute Gasteiger partial charge is 0.0629 e. The number of allylic oxidation sites excluding steroid dienone is 2. The van der Waals surface area contributed by atoms with Gasteiger partial charge in [-0.2, -0.15) is 0 Å². The molecule has 1 N–H and O–H groups in total. The third kappa shape index (κ3) is 2.25. The summed E-state index contributed by atoms with van der Waals surface area (Å²) in [6.45, 7) is 4.46. The monoisotopic (exact) mass is 262 g/mol. The molecule has 2 nitrogen and oxygen atoms in total. The Morgan fingerprint density at radius 1 is 0.950 bits per heavy atom. The van der Waals surface area contributed by atoms with E-state index in [2.05, 4.69) is 54.5 Å². The quantitative estimate of drug-likeness (QED) is 0.781. The Morgan fingerprint density at radius 2 is 1.65 bits per heavy atom. The average Bonchev–Trinajstić information content (AvgIpc) is 2.72. The second-order valence-corrected chi connectivity index (χ2v) is 5.49. The summed E-state index contributed by atoms with van der Waals surface area (Å²) < 4.78 is 0. The molecule has 0 saturated carbocycles. The van der Waals surface area contributed by atoms with Gasteiger partial charge in [0.05, 0.1) is 5.69 Å². The van der Waals surface area contributed by atoms with Gasteiger partial charge in [-0.05, 0) is 29.8 Å². The number of aliphatic imine (C=N–C) groups is 1. The maximum Gasteiger partial charge on any atom is 0.0629 e. The van der Waals surface area contributed by atoms with Gasteiger partial charge in [0.25, 0.3) is 0 Å². The van der Waals surface area contributed by atoms with Crippen LogP contribution in [0.2, 0.25) is 0 Å². The number of benzene rings is 2. The summed E-state index contributed by atoms with van der Waals surface area (Å²) >= 11 is 0. The van der Waals surface area contributed by atoms with E-state index in [0.717, 1.165) is 5.69 Å². The minimum absolute atomic E-state index is 0.000693. The zero-order chi connectivity index (χ0) is 14.0. The number of rotatable bonds is 2. The molecule has 20 heavy (non-hydrogen) atoms. The van der Waals surface area contributed by atoms with Gasteiger partial charge in [-0.3, -0.25) is 4.99 Å². The summed E-state index contributed by atoms with van der Waals surface area (Å²) in [4.78, 5) is 4.46. The van der Waals surface area contributed by atoms with Crippen LogP contribution >= 0.6 is 0 Å². The number of hydrogen-bond donors (Lipinski definition) is 1. The number of hydrogen-bond acceptors (Lipinski definition) is 2. The van der Waals surface area contributed by atoms with Crippen LogP contribution in [0, 0.1) is 0 Å². The first kappa shape index (κ1) is 12.7. The molecule has 3 rings (SSSR count). The predicted octanol–water partition coefficient (Wildman–Crippen LogP) is 4.68. The third-order valence-corrected chi connectivity index (χ3v) is 3.76. The molecule has 0 aromatic heterocycles. The molecule has 0 atom stereocenters. The van der Waals surface area contributed by atoms with Gasteiger partial charge >= 0.3 is 0 Å². The Hall–Kier alpha value is -2.35. The number of nitrogens with one attached hydrogen (secondary N) is 1. The molecule has 0 saturated heterocycles. The topological polar surface area (TPSA) is 24.4 Å². The lowest BCUT2D eigenvalue weighted by molar-refractivity contribution is 0.655. The molecule has 1 aliphatic rings. The number of anilines is 1. The summed E-state index contributed by atoms with van der Waals surface area (Å²) in [6, 6.07) is 18.4. The van der Waals surface area contributed by atoms with Crippen molar-refractivity contribution in [3.8, 4) is 0 Å². The molecule has 0 bridgehead atoms. The Labute approximate surface area is 119 Å². The lowest BCUT2D eigenvalue weighted by atomic mass is 9.84. The van der Waals surface area contributed by atoms with Crippen LogP contribution in [0.3, 0.4) is 0 Å². The van der Waals surface area contributed by atoms with Crippen LogP contribution in [0.4, 0.5) is 11.4 Å². The summed E-state index contributed by atoms with van der Waals surface area (Å²) in [5.74, 6) is 0. The van der Waals surface area contributed by atoms with E-state index in [1.165, 1.54) is 16.9 Å². The van der Waals surface area contributed by atoms with Gasteiger partial charge in [0.1, 0.15) is 0 Å². The van der Waals surface area contributed by atoms with Gasteiger partial charge in [-0.1, -0.05) is 50.2 Å². The zero-order valence-corrected chi connectivity index (χ0v) is 11.8. The normalized spacial score (nSPS) is 18.2. The van der Waals surface area contributed by atoms with E-state index in [4.69, 9.17) is 0 Å². The van der Waals surface area contributed by atoms with E-state index < -0.39 is 0 Å². The highest BCUT2D eigenvalue weighted by atomic mass is 15.0. The van der Waals surface area contributed by atoms with E-state index in [-0.39, 0.29) is 5.41 Å².